The second kappa shape index (κ2) is 7.00. The Kier molecular flexibility index (Phi) is 5.31. The number of amides is 1. The zero-order chi connectivity index (χ0) is 15.3. The molecule has 2 rings (SSSR count). The van der Waals surface area contributed by atoms with Crippen LogP contribution >= 0.6 is 0 Å². The lowest BCUT2D eigenvalue weighted by Crippen LogP contribution is -2.47. The highest BCUT2D eigenvalue weighted by atomic mass is 16.5. The molecule has 0 spiro atoms. The average Bonchev–Trinajstić information content (AvgIpc) is 2.46. The van der Waals surface area contributed by atoms with Crippen LogP contribution in [0.3, 0.4) is 0 Å². The summed E-state index contributed by atoms with van der Waals surface area (Å²) < 4.78 is 5.37. The van der Waals surface area contributed by atoms with Gasteiger partial charge in [0.15, 0.2) is 0 Å². The van der Waals surface area contributed by atoms with Crippen LogP contribution in [0.1, 0.15) is 34.6 Å². The van der Waals surface area contributed by atoms with Crippen LogP contribution in [-0.4, -0.2) is 44.2 Å². The Morgan fingerprint density at radius 1 is 1.38 bits per heavy atom. The number of aromatic nitrogens is 1. The monoisotopic (exact) mass is 291 g/mol. The largest absolute Gasteiger partial charge is 0.384 e. The quantitative estimate of drug-likeness (QED) is 0.862. The van der Waals surface area contributed by atoms with Crippen molar-refractivity contribution in [2.45, 2.75) is 26.7 Å². The normalized spacial score (nSPS) is 17.5. The number of nitrogens with zero attached hydrogens (tertiary/aromatic N) is 1. The summed E-state index contributed by atoms with van der Waals surface area (Å²) in [6.07, 6.45) is 2.04. The molecule has 0 unspecified atom stereocenters. The van der Waals surface area contributed by atoms with E-state index in [1.54, 1.807) is 7.11 Å². The summed E-state index contributed by atoms with van der Waals surface area (Å²) in [5, 5.41) is 6.42. The van der Waals surface area contributed by atoms with Crippen molar-refractivity contribution >= 4 is 5.91 Å². The Morgan fingerprint density at radius 3 is 2.71 bits per heavy atom. The van der Waals surface area contributed by atoms with Gasteiger partial charge in [0.05, 0.1) is 17.9 Å². The molecule has 5 nitrogen and oxygen atoms in total. The molecule has 2 heterocycles. The number of hydrogen-bond donors (Lipinski definition) is 2. The molecule has 1 aliphatic heterocycles. The Balaban J connectivity index is 2.01. The van der Waals surface area contributed by atoms with Crippen molar-refractivity contribution in [3.63, 3.8) is 0 Å². The summed E-state index contributed by atoms with van der Waals surface area (Å²) in [5.41, 5.74) is 2.40. The smallest absolute Gasteiger partial charge is 0.253 e. The number of nitrogens with one attached hydrogen (secondary N) is 2. The first kappa shape index (κ1) is 15.9. The van der Waals surface area contributed by atoms with Crippen LogP contribution in [0.4, 0.5) is 0 Å². The highest BCUT2D eigenvalue weighted by Crippen LogP contribution is 2.28. The number of pyridine rings is 1. The number of piperidine rings is 1. The second-order valence-corrected chi connectivity index (χ2v) is 5.95. The molecule has 5 heteroatoms. The topological polar surface area (TPSA) is 63.2 Å². The van der Waals surface area contributed by atoms with Gasteiger partial charge >= 0.3 is 0 Å². The van der Waals surface area contributed by atoms with Crippen molar-refractivity contribution in [3.8, 4) is 0 Å². The molecule has 0 atom stereocenters. The minimum atomic E-state index is -0.0472. The van der Waals surface area contributed by atoms with E-state index in [2.05, 4.69) is 15.6 Å². The van der Waals surface area contributed by atoms with E-state index in [-0.39, 0.29) is 11.3 Å². The summed E-state index contributed by atoms with van der Waals surface area (Å²) >= 11 is 0. The molecule has 0 aliphatic carbocycles. The van der Waals surface area contributed by atoms with E-state index in [4.69, 9.17) is 4.74 Å². The molecule has 1 aliphatic rings. The highest BCUT2D eigenvalue weighted by molar-refractivity contribution is 5.95. The zero-order valence-corrected chi connectivity index (χ0v) is 13.2. The molecule has 1 amide bonds. The molecule has 2 N–H and O–H groups in total. The van der Waals surface area contributed by atoms with Crippen molar-refractivity contribution < 1.29 is 9.53 Å². The minimum absolute atomic E-state index is 0.0433. The van der Waals surface area contributed by atoms with Gasteiger partial charge < -0.3 is 15.4 Å². The summed E-state index contributed by atoms with van der Waals surface area (Å²) in [6.45, 7) is 7.08. The first-order chi connectivity index (χ1) is 10.1. The van der Waals surface area contributed by atoms with Crippen molar-refractivity contribution in [3.05, 3.63) is 29.1 Å². The first-order valence-corrected chi connectivity index (χ1v) is 7.48. The van der Waals surface area contributed by atoms with E-state index >= 15 is 0 Å². The molecule has 0 saturated carbocycles. The number of hydrogen-bond acceptors (Lipinski definition) is 4. The van der Waals surface area contributed by atoms with E-state index in [0.717, 1.165) is 37.3 Å². The highest BCUT2D eigenvalue weighted by Gasteiger charge is 2.32. The fourth-order valence-electron chi connectivity index (χ4n) is 2.92. The van der Waals surface area contributed by atoms with Crippen LogP contribution in [0.25, 0.3) is 0 Å². The fraction of sp³-hybridized carbons (Fsp3) is 0.625. The molecular formula is C16H25N3O2. The van der Waals surface area contributed by atoms with Crippen LogP contribution in [0, 0.1) is 19.3 Å². The fourth-order valence-corrected chi connectivity index (χ4v) is 2.92. The van der Waals surface area contributed by atoms with Gasteiger partial charge in [-0.1, -0.05) is 0 Å². The van der Waals surface area contributed by atoms with E-state index in [9.17, 15) is 4.79 Å². The van der Waals surface area contributed by atoms with E-state index in [0.29, 0.717) is 18.7 Å². The molecule has 1 aromatic rings. The van der Waals surface area contributed by atoms with Gasteiger partial charge in [-0.05, 0) is 51.9 Å². The number of ether oxygens (including phenoxy) is 1. The third-order valence-electron chi connectivity index (χ3n) is 4.21. The number of carbonyl (C=O) groups is 1. The summed E-state index contributed by atoms with van der Waals surface area (Å²) in [6, 6.07) is 3.72. The van der Waals surface area contributed by atoms with Crippen molar-refractivity contribution in [1.82, 2.24) is 15.6 Å². The zero-order valence-electron chi connectivity index (χ0n) is 13.2. The molecule has 0 radical (unpaired) electrons. The van der Waals surface area contributed by atoms with Gasteiger partial charge in [0.2, 0.25) is 0 Å². The average molecular weight is 291 g/mol. The van der Waals surface area contributed by atoms with Crippen LogP contribution < -0.4 is 10.6 Å². The predicted octanol–water partition coefficient (Wildman–Crippen LogP) is 1.44. The second-order valence-electron chi connectivity index (χ2n) is 5.95. The van der Waals surface area contributed by atoms with E-state index in [1.807, 2.05) is 26.0 Å². The Labute approximate surface area is 126 Å². The Hall–Kier alpha value is -1.46. The van der Waals surface area contributed by atoms with Gasteiger partial charge in [0.25, 0.3) is 5.91 Å². The van der Waals surface area contributed by atoms with Gasteiger partial charge in [-0.3, -0.25) is 9.78 Å². The van der Waals surface area contributed by atoms with E-state index in [1.165, 1.54) is 0 Å². The first-order valence-electron chi connectivity index (χ1n) is 7.48. The third kappa shape index (κ3) is 4.02. The van der Waals surface area contributed by atoms with Gasteiger partial charge in [-0.25, -0.2) is 0 Å². The number of aryl methyl sites for hydroxylation is 2. The van der Waals surface area contributed by atoms with Gasteiger partial charge in [-0.15, -0.1) is 0 Å². The van der Waals surface area contributed by atoms with Crippen LogP contribution in [0.5, 0.6) is 0 Å². The Bertz CT molecular complexity index is 491. The maximum atomic E-state index is 12.4. The lowest BCUT2D eigenvalue weighted by molar-refractivity contribution is 0.0511. The maximum absolute atomic E-state index is 12.4. The summed E-state index contributed by atoms with van der Waals surface area (Å²) in [5.74, 6) is -0.0472. The number of carbonyl (C=O) groups excluding carboxylic acids is 1. The molecule has 116 valence electrons. The third-order valence-corrected chi connectivity index (χ3v) is 4.21. The van der Waals surface area contributed by atoms with Gasteiger partial charge in [0, 0.05) is 24.8 Å². The van der Waals surface area contributed by atoms with Gasteiger partial charge in [0.1, 0.15) is 0 Å². The maximum Gasteiger partial charge on any atom is 0.253 e. The lowest BCUT2D eigenvalue weighted by Gasteiger charge is -2.37. The van der Waals surface area contributed by atoms with Crippen LogP contribution in [0.15, 0.2) is 12.1 Å². The van der Waals surface area contributed by atoms with Gasteiger partial charge in [-0.2, -0.15) is 0 Å². The SMILES string of the molecule is COCC1(CNC(=O)c2ccc(C)nc2C)CCNCC1. The van der Waals surface area contributed by atoms with Crippen molar-refractivity contribution in [1.29, 1.82) is 0 Å². The molecule has 0 aromatic carbocycles. The molecule has 1 fully saturated rings. The Morgan fingerprint density at radius 2 is 2.10 bits per heavy atom. The van der Waals surface area contributed by atoms with Crippen molar-refractivity contribution in [2.75, 3.05) is 33.4 Å². The molecule has 0 bridgehead atoms. The number of methoxy groups -OCH3 is 1. The molecule has 1 aromatic heterocycles. The van der Waals surface area contributed by atoms with Crippen LogP contribution in [0.2, 0.25) is 0 Å². The minimum Gasteiger partial charge on any atom is -0.384 e. The molecular weight excluding hydrogens is 266 g/mol. The lowest BCUT2D eigenvalue weighted by atomic mass is 9.79. The van der Waals surface area contributed by atoms with Crippen molar-refractivity contribution in [2.24, 2.45) is 5.41 Å². The molecule has 1 saturated heterocycles. The van der Waals surface area contributed by atoms with Crippen LogP contribution in [-0.2, 0) is 4.74 Å². The summed E-state index contributed by atoms with van der Waals surface area (Å²) in [7, 11) is 1.72. The molecule has 21 heavy (non-hydrogen) atoms. The number of rotatable bonds is 5. The standard InChI is InChI=1S/C16H25N3O2/c1-12-4-5-14(13(2)19-12)15(20)18-10-16(11-21-3)6-8-17-9-7-16/h4-5,17H,6-11H2,1-3H3,(H,18,20). The summed E-state index contributed by atoms with van der Waals surface area (Å²) in [4.78, 5) is 16.7. The van der Waals surface area contributed by atoms with E-state index < -0.39 is 0 Å². The predicted molar refractivity (Wildman–Crippen MR) is 82.5 cm³/mol.